The first-order valence-corrected chi connectivity index (χ1v) is 6.42. The second-order valence-electron chi connectivity index (χ2n) is 4.02. The summed E-state index contributed by atoms with van der Waals surface area (Å²) < 4.78 is 26.9. The standard InChI is InChI=1S/C11H15F2N3.C2H6/c12-11(13)8-14-6-4-9(11)7-16-10-3-1-2-5-15-10;1-2/h1-3,5,9,14H,4,6-8H2,(H,15,16);1-2H3. The van der Waals surface area contributed by atoms with Crippen LogP contribution in [0.25, 0.3) is 0 Å². The molecular formula is C13H21F2N3. The zero-order valence-electron chi connectivity index (χ0n) is 10.9. The topological polar surface area (TPSA) is 37.0 Å². The lowest BCUT2D eigenvalue weighted by Crippen LogP contribution is -2.48. The molecular weight excluding hydrogens is 236 g/mol. The number of nitrogens with one attached hydrogen (secondary N) is 2. The van der Waals surface area contributed by atoms with E-state index in [0.717, 1.165) is 0 Å². The third kappa shape index (κ3) is 4.22. The number of hydrogen-bond donors (Lipinski definition) is 2. The van der Waals surface area contributed by atoms with Crippen molar-refractivity contribution in [1.82, 2.24) is 10.3 Å². The van der Waals surface area contributed by atoms with Crippen LogP contribution in [-0.2, 0) is 0 Å². The molecule has 5 heteroatoms. The van der Waals surface area contributed by atoms with Crippen LogP contribution in [0.4, 0.5) is 14.6 Å². The van der Waals surface area contributed by atoms with Gasteiger partial charge in [0.05, 0.1) is 6.54 Å². The predicted octanol–water partition coefficient (Wildman–Crippen LogP) is 2.76. The van der Waals surface area contributed by atoms with E-state index in [0.29, 0.717) is 18.8 Å². The molecule has 0 aliphatic carbocycles. The van der Waals surface area contributed by atoms with Gasteiger partial charge in [0.2, 0.25) is 0 Å². The molecule has 1 aromatic heterocycles. The van der Waals surface area contributed by atoms with Crippen LogP contribution in [0.1, 0.15) is 20.3 Å². The third-order valence-electron chi connectivity index (χ3n) is 2.82. The number of aromatic nitrogens is 1. The predicted molar refractivity (Wildman–Crippen MR) is 70.0 cm³/mol. The molecule has 1 aromatic rings. The van der Waals surface area contributed by atoms with Gasteiger partial charge in [0.1, 0.15) is 5.82 Å². The van der Waals surface area contributed by atoms with E-state index in [-0.39, 0.29) is 13.1 Å². The van der Waals surface area contributed by atoms with Crippen LogP contribution < -0.4 is 10.6 Å². The van der Waals surface area contributed by atoms with Crippen LogP contribution in [0.15, 0.2) is 24.4 Å². The van der Waals surface area contributed by atoms with Crippen molar-refractivity contribution in [3.8, 4) is 0 Å². The average molecular weight is 257 g/mol. The smallest absolute Gasteiger partial charge is 0.264 e. The molecule has 0 radical (unpaired) electrons. The SMILES string of the molecule is CC.FC1(F)CNCCC1CNc1ccccn1. The maximum Gasteiger partial charge on any atom is 0.264 e. The Bertz CT molecular complexity index is 330. The molecule has 2 heterocycles. The molecule has 0 spiro atoms. The zero-order valence-corrected chi connectivity index (χ0v) is 10.9. The molecule has 3 nitrogen and oxygen atoms in total. The number of anilines is 1. The van der Waals surface area contributed by atoms with Crippen LogP contribution in [0.5, 0.6) is 0 Å². The van der Waals surface area contributed by atoms with Crippen molar-refractivity contribution >= 4 is 5.82 Å². The minimum absolute atomic E-state index is 0.221. The van der Waals surface area contributed by atoms with Gasteiger partial charge in [-0.15, -0.1) is 0 Å². The highest BCUT2D eigenvalue weighted by Crippen LogP contribution is 2.29. The molecule has 1 saturated heterocycles. The van der Waals surface area contributed by atoms with Crippen LogP contribution in [0.3, 0.4) is 0 Å². The molecule has 1 unspecified atom stereocenters. The number of hydrogen-bond acceptors (Lipinski definition) is 3. The molecule has 1 atom stereocenters. The van der Waals surface area contributed by atoms with Crippen molar-refractivity contribution in [2.75, 3.05) is 25.0 Å². The van der Waals surface area contributed by atoms with Crippen molar-refractivity contribution in [1.29, 1.82) is 0 Å². The van der Waals surface area contributed by atoms with Crippen molar-refractivity contribution in [3.05, 3.63) is 24.4 Å². The van der Waals surface area contributed by atoms with Gasteiger partial charge in [0.15, 0.2) is 0 Å². The van der Waals surface area contributed by atoms with E-state index in [1.54, 1.807) is 18.3 Å². The second kappa shape index (κ2) is 7.26. The zero-order chi connectivity index (χ0) is 13.4. The summed E-state index contributed by atoms with van der Waals surface area (Å²) in [5.41, 5.74) is 0. The lowest BCUT2D eigenvalue weighted by Gasteiger charge is -2.32. The summed E-state index contributed by atoms with van der Waals surface area (Å²) in [4.78, 5) is 4.04. The first-order valence-electron chi connectivity index (χ1n) is 6.42. The fourth-order valence-corrected chi connectivity index (χ4v) is 1.83. The van der Waals surface area contributed by atoms with Crippen LogP contribution in [0.2, 0.25) is 0 Å². The monoisotopic (exact) mass is 257 g/mol. The lowest BCUT2D eigenvalue weighted by molar-refractivity contribution is -0.0678. The Balaban J connectivity index is 0.000000771. The van der Waals surface area contributed by atoms with E-state index < -0.39 is 11.8 Å². The Kier molecular flexibility index (Phi) is 5.98. The summed E-state index contributed by atoms with van der Waals surface area (Å²) in [5, 5.41) is 5.66. The summed E-state index contributed by atoms with van der Waals surface area (Å²) in [6.07, 6.45) is 2.13. The molecule has 0 amide bonds. The van der Waals surface area contributed by atoms with E-state index in [9.17, 15) is 8.78 Å². The Morgan fingerprint density at radius 2 is 2.22 bits per heavy atom. The number of rotatable bonds is 3. The summed E-state index contributed by atoms with van der Waals surface area (Å²) in [6, 6.07) is 5.40. The van der Waals surface area contributed by atoms with Gasteiger partial charge >= 0.3 is 0 Å². The Morgan fingerprint density at radius 3 is 2.83 bits per heavy atom. The molecule has 1 aliphatic rings. The number of alkyl halides is 2. The van der Waals surface area contributed by atoms with E-state index >= 15 is 0 Å². The van der Waals surface area contributed by atoms with Gasteiger partial charge in [-0.1, -0.05) is 19.9 Å². The van der Waals surface area contributed by atoms with Gasteiger partial charge in [-0.2, -0.15) is 0 Å². The normalized spacial score (nSPS) is 21.7. The van der Waals surface area contributed by atoms with Gasteiger partial charge in [-0.3, -0.25) is 0 Å². The maximum atomic E-state index is 13.4. The Labute approximate surface area is 107 Å². The van der Waals surface area contributed by atoms with Gasteiger partial charge in [-0.05, 0) is 25.1 Å². The van der Waals surface area contributed by atoms with Crippen molar-refractivity contribution in [2.45, 2.75) is 26.2 Å². The van der Waals surface area contributed by atoms with Crippen molar-refractivity contribution in [2.24, 2.45) is 5.92 Å². The molecule has 1 aliphatic heterocycles. The Morgan fingerprint density at radius 1 is 1.44 bits per heavy atom. The average Bonchev–Trinajstić information content (AvgIpc) is 2.40. The molecule has 1 fully saturated rings. The van der Waals surface area contributed by atoms with Crippen molar-refractivity contribution in [3.63, 3.8) is 0 Å². The second-order valence-corrected chi connectivity index (χ2v) is 4.02. The number of pyridine rings is 1. The van der Waals surface area contributed by atoms with Gasteiger partial charge < -0.3 is 10.6 Å². The molecule has 0 aromatic carbocycles. The molecule has 0 bridgehead atoms. The van der Waals surface area contributed by atoms with Gasteiger partial charge in [-0.25, -0.2) is 13.8 Å². The first kappa shape index (κ1) is 14.8. The third-order valence-corrected chi connectivity index (χ3v) is 2.82. The van der Waals surface area contributed by atoms with E-state index in [2.05, 4.69) is 15.6 Å². The van der Waals surface area contributed by atoms with E-state index in [1.807, 2.05) is 19.9 Å². The Hall–Kier alpha value is -1.23. The highest BCUT2D eigenvalue weighted by atomic mass is 19.3. The summed E-state index contributed by atoms with van der Waals surface area (Å²) >= 11 is 0. The van der Waals surface area contributed by atoms with Gasteiger partial charge in [0, 0.05) is 18.7 Å². The summed E-state index contributed by atoms with van der Waals surface area (Å²) in [5.74, 6) is -2.59. The number of nitrogens with zero attached hydrogens (tertiary/aromatic N) is 1. The van der Waals surface area contributed by atoms with Crippen molar-refractivity contribution < 1.29 is 8.78 Å². The quantitative estimate of drug-likeness (QED) is 0.874. The van der Waals surface area contributed by atoms with Crippen LogP contribution in [0, 0.1) is 5.92 Å². The largest absolute Gasteiger partial charge is 0.370 e. The minimum Gasteiger partial charge on any atom is -0.370 e. The highest BCUT2D eigenvalue weighted by molar-refractivity contribution is 5.33. The summed E-state index contributed by atoms with van der Waals surface area (Å²) in [7, 11) is 0. The van der Waals surface area contributed by atoms with Gasteiger partial charge in [0.25, 0.3) is 5.92 Å². The minimum atomic E-state index is -2.62. The summed E-state index contributed by atoms with van der Waals surface area (Å²) in [6.45, 7) is 4.71. The molecule has 2 rings (SSSR count). The van der Waals surface area contributed by atoms with E-state index in [1.165, 1.54) is 0 Å². The lowest BCUT2D eigenvalue weighted by atomic mass is 9.94. The molecule has 102 valence electrons. The molecule has 2 N–H and O–H groups in total. The van der Waals surface area contributed by atoms with E-state index in [4.69, 9.17) is 0 Å². The maximum absolute atomic E-state index is 13.4. The highest BCUT2D eigenvalue weighted by Gasteiger charge is 2.41. The van der Waals surface area contributed by atoms with Crippen LogP contribution >= 0.6 is 0 Å². The first-order chi connectivity index (χ1) is 8.68. The molecule has 18 heavy (non-hydrogen) atoms. The number of piperidine rings is 1. The molecule has 0 saturated carbocycles. The number of halogens is 2. The fraction of sp³-hybridized carbons (Fsp3) is 0.615. The fourth-order valence-electron chi connectivity index (χ4n) is 1.83. The van der Waals surface area contributed by atoms with Crippen LogP contribution in [-0.4, -0.2) is 30.5 Å².